The van der Waals surface area contributed by atoms with Gasteiger partial charge in [0.15, 0.2) is 0 Å². The minimum atomic E-state index is -0.548. The molecule has 158 valence electrons. The molecule has 30 heavy (non-hydrogen) atoms. The molecule has 0 saturated heterocycles. The number of hydrogen-bond donors (Lipinski definition) is 4. The molecule has 0 fully saturated rings. The molecule has 2 aromatic rings. The summed E-state index contributed by atoms with van der Waals surface area (Å²) in [5, 5.41) is 23.0. The van der Waals surface area contributed by atoms with Gasteiger partial charge in [0.2, 0.25) is 5.91 Å². The predicted molar refractivity (Wildman–Crippen MR) is 110 cm³/mol. The molecule has 1 heterocycles. The van der Waals surface area contributed by atoms with E-state index in [9.17, 15) is 24.6 Å². The zero-order valence-electron chi connectivity index (χ0n) is 16.8. The van der Waals surface area contributed by atoms with E-state index in [2.05, 4.69) is 12.2 Å². The number of amides is 3. The fourth-order valence-electron chi connectivity index (χ4n) is 3.46. The van der Waals surface area contributed by atoms with Gasteiger partial charge in [0.1, 0.15) is 11.5 Å². The molecule has 0 unspecified atom stereocenters. The van der Waals surface area contributed by atoms with Crippen LogP contribution in [-0.4, -0.2) is 39.4 Å². The summed E-state index contributed by atoms with van der Waals surface area (Å²) in [6.07, 6.45) is 2.79. The second kappa shape index (κ2) is 8.86. The number of nitrogens with zero attached hydrogens (tertiary/aromatic N) is 1. The number of nitrogens with two attached hydrogens (primary N) is 1. The summed E-state index contributed by atoms with van der Waals surface area (Å²) in [5.74, 6) is -2.34. The summed E-state index contributed by atoms with van der Waals surface area (Å²) in [7, 11) is 0. The molecule has 1 aliphatic heterocycles. The number of rotatable bonds is 7. The fourth-order valence-corrected chi connectivity index (χ4v) is 3.46. The summed E-state index contributed by atoms with van der Waals surface area (Å²) in [6.45, 7) is 3.05. The Morgan fingerprint density at radius 1 is 1.00 bits per heavy atom. The smallest absolute Gasteiger partial charge is 0.258 e. The molecule has 0 atom stereocenters. The number of carbonyl (C=O) groups excluding carboxylic acids is 3. The highest BCUT2D eigenvalue weighted by Gasteiger charge is 2.28. The minimum Gasteiger partial charge on any atom is -0.507 e. The number of primary amides is 1. The van der Waals surface area contributed by atoms with Crippen molar-refractivity contribution in [3.63, 3.8) is 0 Å². The van der Waals surface area contributed by atoms with Gasteiger partial charge in [-0.2, -0.15) is 0 Å². The Morgan fingerprint density at radius 3 is 2.40 bits per heavy atom. The first-order valence-electron chi connectivity index (χ1n) is 9.86. The third-order valence-electron chi connectivity index (χ3n) is 5.16. The molecule has 0 saturated carbocycles. The zero-order valence-corrected chi connectivity index (χ0v) is 16.8. The summed E-state index contributed by atoms with van der Waals surface area (Å²) < 4.78 is 0. The normalized spacial score (nSPS) is 12.5. The van der Waals surface area contributed by atoms with E-state index < -0.39 is 29.2 Å². The van der Waals surface area contributed by atoms with E-state index in [1.807, 2.05) is 0 Å². The molecule has 0 bridgehead atoms. The molecule has 5 N–H and O–H groups in total. The minimum absolute atomic E-state index is 0.0691. The van der Waals surface area contributed by atoms with Crippen molar-refractivity contribution in [3.05, 3.63) is 58.1 Å². The Morgan fingerprint density at radius 2 is 1.70 bits per heavy atom. The van der Waals surface area contributed by atoms with E-state index >= 15 is 0 Å². The highest BCUT2D eigenvalue weighted by molar-refractivity contribution is 6.03. The van der Waals surface area contributed by atoms with Crippen molar-refractivity contribution < 1.29 is 24.6 Å². The van der Waals surface area contributed by atoms with Gasteiger partial charge in [0.25, 0.3) is 11.8 Å². The summed E-state index contributed by atoms with van der Waals surface area (Å²) in [5.41, 5.74) is 7.20. The van der Waals surface area contributed by atoms with Crippen molar-refractivity contribution in [2.45, 2.75) is 39.3 Å². The van der Waals surface area contributed by atoms with Gasteiger partial charge < -0.3 is 26.2 Å². The molecule has 0 aliphatic carbocycles. The van der Waals surface area contributed by atoms with Gasteiger partial charge in [0.05, 0.1) is 11.1 Å². The number of carbonyl (C=O) groups is 3. The van der Waals surface area contributed by atoms with Crippen LogP contribution in [0.4, 0.5) is 0 Å². The number of benzene rings is 2. The second-order valence-electron chi connectivity index (χ2n) is 7.36. The number of phenols is 2. The third-order valence-corrected chi connectivity index (χ3v) is 5.16. The maximum Gasteiger partial charge on any atom is 0.258 e. The monoisotopic (exact) mass is 411 g/mol. The molecular formula is C22H25N3O5. The van der Waals surface area contributed by atoms with E-state index in [1.165, 1.54) is 11.0 Å². The Balaban J connectivity index is 1.79. The lowest BCUT2D eigenvalue weighted by atomic mass is 10.1. The van der Waals surface area contributed by atoms with Crippen molar-refractivity contribution in [1.29, 1.82) is 0 Å². The molecule has 3 amide bonds. The van der Waals surface area contributed by atoms with Gasteiger partial charge >= 0.3 is 0 Å². The van der Waals surface area contributed by atoms with Crippen LogP contribution in [0.2, 0.25) is 0 Å². The van der Waals surface area contributed by atoms with Crippen molar-refractivity contribution in [2.24, 2.45) is 5.73 Å². The molecule has 2 aromatic carbocycles. The highest BCUT2D eigenvalue weighted by Crippen LogP contribution is 2.31. The van der Waals surface area contributed by atoms with Crippen LogP contribution in [0.15, 0.2) is 30.3 Å². The lowest BCUT2D eigenvalue weighted by molar-refractivity contribution is 0.0748. The largest absolute Gasteiger partial charge is 0.507 e. The first-order valence-corrected chi connectivity index (χ1v) is 9.86. The summed E-state index contributed by atoms with van der Waals surface area (Å²) >= 11 is 0. The van der Waals surface area contributed by atoms with Crippen LogP contribution < -0.4 is 11.1 Å². The maximum absolute atomic E-state index is 13.0. The lowest BCUT2D eigenvalue weighted by Crippen LogP contribution is -2.27. The summed E-state index contributed by atoms with van der Waals surface area (Å²) in [6, 6.07) is 7.21. The van der Waals surface area contributed by atoms with E-state index in [1.54, 1.807) is 18.2 Å². The summed E-state index contributed by atoms with van der Waals surface area (Å²) in [4.78, 5) is 38.3. The van der Waals surface area contributed by atoms with E-state index in [0.717, 1.165) is 36.5 Å². The number of hydrogen-bond acceptors (Lipinski definition) is 5. The van der Waals surface area contributed by atoms with Crippen molar-refractivity contribution in [3.8, 4) is 11.5 Å². The fraction of sp³-hybridized carbons (Fsp3) is 0.318. The quantitative estimate of drug-likeness (QED) is 0.519. The Bertz CT molecular complexity index is 1000. The van der Waals surface area contributed by atoms with Gasteiger partial charge in [0, 0.05) is 31.3 Å². The first-order chi connectivity index (χ1) is 14.3. The molecule has 3 rings (SSSR count). The molecular weight excluding hydrogens is 386 g/mol. The predicted octanol–water partition coefficient (Wildman–Crippen LogP) is 2.27. The van der Waals surface area contributed by atoms with Crippen LogP contribution >= 0.6 is 0 Å². The molecule has 0 aromatic heterocycles. The second-order valence-corrected chi connectivity index (χ2v) is 7.36. The zero-order chi connectivity index (χ0) is 21.8. The van der Waals surface area contributed by atoms with Gasteiger partial charge in [-0.15, -0.1) is 0 Å². The average molecular weight is 411 g/mol. The number of fused-ring (bicyclic) bond motifs is 1. The van der Waals surface area contributed by atoms with Gasteiger partial charge in [-0.25, -0.2) is 0 Å². The number of phenolic OH excluding ortho intramolecular Hbond substituents is 2. The molecule has 0 radical (unpaired) electrons. The van der Waals surface area contributed by atoms with Gasteiger partial charge in [-0.1, -0.05) is 25.8 Å². The topological polar surface area (TPSA) is 133 Å². The first kappa shape index (κ1) is 21.2. The van der Waals surface area contributed by atoms with Gasteiger partial charge in [-0.3, -0.25) is 14.4 Å². The Labute approximate surface area is 174 Å². The molecule has 8 heteroatoms. The van der Waals surface area contributed by atoms with Gasteiger partial charge in [-0.05, 0) is 35.7 Å². The van der Waals surface area contributed by atoms with E-state index in [0.29, 0.717) is 18.7 Å². The number of aromatic hydroxyl groups is 2. The lowest BCUT2D eigenvalue weighted by Gasteiger charge is -2.17. The number of unbranched alkanes of at least 4 members (excludes halogenated alkanes) is 2. The van der Waals surface area contributed by atoms with Crippen LogP contribution in [0, 0.1) is 0 Å². The number of nitrogens with one attached hydrogen (secondary N) is 1. The standard InChI is InChI=1S/C22H25N3O5/c1-2-3-4-7-24-21(29)16-9-17(19(27)10-18(16)26)22(30)25-11-14-6-5-13(20(23)28)8-15(14)12-25/h5-6,8-10,26-27H,2-4,7,11-12H2,1H3,(H2,23,28)(H,24,29). The molecule has 8 nitrogen and oxygen atoms in total. The van der Waals surface area contributed by atoms with Crippen LogP contribution in [0.3, 0.4) is 0 Å². The van der Waals surface area contributed by atoms with Crippen LogP contribution in [0.1, 0.15) is 68.4 Å². The van der Waals surface area contributed by atoms with Crippen molar-refractivity contribution >= 4 is 17.7 Å². The Kier molecular flexibility index (Phi) is 6.25. The van der Waals surface area contributed by atoms with Crippen LogP contribution in [-0.2, 0) is 13.1 Å². The van der Waals surface area contributed by atoms with Crippen LogP contribution in [0.5, 0.6) is 11.5 Å². The molecule has 1 aliphatic rings. The van der Waals surface area contributed by atoms with E-state index in [-0.39, 0.29) is 17.7 Å². The average Bonchev–Trinajstić information content (AvgIpc) is 3.14. The molecule has 0 spiro atoms. The Hall–Kier alpha value is -3.55. The maximum atomic E-state index is 13.0. The van der Waals surface area contributed by atoms with Crippen LogP contribution in [0.25, 0.3) is 0 Å². The van der Waals surface area contributed by atoms with Crippen molar-refractivity contribution in [2.75, 3.05) is 6.54 Å². The SMILES string of the molecule is CCCCCNC(=O)c1cc(C(=O)N2Cc3ccc(C(N)=O)cc3C2)c(O)cc1O. The van der Waals surface area contributed by atoms with E-state index in [4.69, 9.17) is 5.73 Å². The van der Waals surface area contributed by atoms with Crippen molar-refractivity contribution in [1.82, 2.24) is 10.2 Å². The third kappa shape index (κ3) is 4.37. The highest BCUT2D eigenvalue weighted by atomic mass is 16.3.